The third-order valence-electron chi connectivity index (χ3n) is 4.26. The Bertz CT molecular complexity index is 540. The fraction of sp³-hybridized carbons (Fsp3) is 0.529. The number of nitrogens with one attached hydrogen (secondary N) is 2. The molecule has 0 heterocycles. The quantitative estimate of drug-likeness (QED) is 0.822. The number of hydrogen-bond acceptors (Lipinski definition) is 2. The Morgan fingerprint density at radius 3 is 2.48 bits per heavy atom. The molecule has 1 aromatic rings. The average molecular weight is 288 g/mol. The molecule has 0 saturated heterocycles. The van der Waals surface area contributed by atoms with Crippen LogP contribution in [-0.2, 0) is 9.59 Å². The van der Waals surface area contributed by atoms with Gasteiger partial charge in [-0.2, -0.15) is 0 Å². The topological polar surface area (TPSA) is 58.2 Å². The van der Waals surface area contributed by atoms with Crippen LogP contribution < -0.4 is 10.6 Å². The predicted molar refractivity (Wildman–Crippen MR) is 84.1 cm³/mol. The van der Waals surface area contributed by atoms with Crippen molar-refractivity contribution >= 4 is 17.5 Å². The Hall–Kier alpha value is -1.84. The van der Waals surface area contributed by atoms with Crippen LogP contribution in [-0.4, -0.2) is 17.9 Å². The Morgan fingerprint density at radius 2 is 1.81 bits per heavy atom. The highest BCUT2D eigenvalue weighted by Gasteiger charge is 2.25. The van der Waals surface area contributed by atoms with Crippen molar-refractivity contribution in [1.29, 1.82) is 0 Å². The van der Waals surface area contributed by atoms with Gasteiger partial charge in [0.15, 0.2) is 0 Å². The number of aryl methyl sites for hydroxylation is 2. The zero-order chi connectivity index (χ0) is 15.4. The summed E-state index contributed by atoms with van der Waals surface area (Å²) in [6, 6.07) is 5.86. The minimum absolute atomic E-state index is 0.121. The van der Waals surface area contributed by atoms with E-state index in [-0.39, 0.29) is 6.04 Å². The molecule has 0 aromatic heterocycles. The van der Waals surface area contributed by atoms with Gasteiger partial charge in [0.05, 0.1) is 0 Å². The molecule has 2 rings (SSSR count). The zero-order valence-electron chi connectivity index (χ0n) is 13.0. The summed E-state index contributed by atoms with van der Waals surface area (Å²) in [6.07, 6.45) is 4.41. The maximum atomic E-state index is 12.0. The molecule has 4 heteroatoms. The molecule has 0 unspecified atom stereocenters. The first-order valence-corrected chi connectivity index (χ1v) is 7.66. The molecular formula is C17H24N2O2. The van der Waals surface area contributed by atoms with Gasteiger partial charge in [-0.05, 0) is 44.2 Å². The summed E-state index contributed by atoms with van der Waals surface area (Å²) >= 11 is 0. The lowest BCUT2D eigenvalue weighted by Gasteiger charge is -2.29. The SMILES string of the molecule is Cc1ccc(NC(=O)C(=O)N[C@H]2CCCC[C@@H]2C)c(C)c1. The Kier molecular flexibility index (Phi) is 4.99. The normalized spacial score (nSPS) is 21.7. The monoisotopic (exact) mass is 288 g/mol. The molecule has 0 radical (unpaired) electrons. The lowest BCUT2D eigenvalue weighted by Crippen LogP contribution is -2.45. The summed E-state index contributed by atoms with van der Waals surface area (Å²) in [5.41, 5.74) is 2.78. The maximum absolute atomic E-state index is 12.0. The molecule has 114 valence electrons. The van der Waals surface area contributed by atoms with Gasteiger partial charge in [-0.15, -0.1) is 0 Å². The second-order valence-corrected chi connectivity index (χ2v) is 6.11. The van der Waals surface area contributed by atoms with Crippen molar-refractivity contribution in [3.8, 4) is 0 Å². The molecule has 1 aliphatic carbocycles. The van der Waals surface area contributed by atoms with Gasteiger partial charge in [0.1, 0.15) is 0 Å². The maximum Gasteiger partial charge on any atom is 0.313 e. The lowest BCUT2D eigenvalue weighted by molar-refractivity contribution is -0.137. The minimum Gasteiger partial charge on any atom is -0.345 e. The van der Waals surface area contributed by atoms with Gasteiger partial charge in [0.2, 0.25) is 0 Å². The van der Waals surface area contributed by atoms with Crippen LogP contribution >= 0.6 is 0 Å². The molecule has 1 aromatic carbocycles. The largest absolute Gasteiger partial charge is 0.345 e. The number of carbonyl (C=O) groups excluding carboxylic acids is 2. The van der Waals surface area contributed by atoms with E-state index in [1.165, 1.54) is 6.42 Å². The zero-order valence-corrected chi connectivity index (χ0v) is 13.0. The van der Waals surface area contributed by atoms with Gasteiger partial charge in [0, 0.05) is 11.7 Å². The third kappa shape index (κ3) is 4.06. The molecule has 0 aliphatic heterocycles. The van der Waals surface area contributed by atoms with Gasteiger partial charge in [-0.1, -0.05) is 37.5 Å². The van der Waals surface area contributed by atoms with Crippen LogP contribution in [0, 0.1) is 19.8 Å². The Balaban J connectivity index is 1.94. The van der Waals surface area contributed by atoms with Gasteiger partial charge >= 0.3 is 11.8 Å². The number of anilines is 1. The smallest absolute Gasteiger partial charge is 0.313 e. The second-order valence-electron chi connectivity index (χ2n) is 6.11. The highest BCUT2D eigenvalue weighted by Crippen LogP contribution is 2.23. The van der Waals surface area contributed by atoms with E-state index in [0.29, 0.717) is 11.6 Å². The molecule has 4 nitrogen and oxygen atoms in total. The fourth-order valence-electron chi connectivity index (χ4n) is 2.90. The fourth-order valence-corrected chi connectivity index (χ4v) is 2.90. The molecule has 0 bridgehead atoms. The highest BCUT2D eigenvalue weighted by molar-refractivity contribution is 6.39. The summed E-state index contributed by atoms with van der Waals surface area (Å²) in [5.74, 6) is -0.676. The van der Waals surface area contributed by atoms with E-state index in [4.69, 9.17) is 0 Å². The number of carbonyl (C=O) groups is 2. The van der Waals surface area contributed by atoms with Crippen LogP contribution in [0.2, 0.25) is 0 Å². The molecule has 1 saturated carbocycles. The van der Waals surface area contributed by atoms with Crippen molar-refractivity contribution in [2.75, 3.05) is 5.32 Å². The molecule has 21 heavy (non-hydrogen) atoms. The lowest BCUT2D eigenvalue weighted by atomic mass is 9.86. The van der Waals surface area contributed by atoms with Gasteiger partial charge in [0.25, 0.3) is 0 Å². The average Bonchev–Trinajstić information content (AvgIpc) is 2.44. The molecular weight excluding hydrogens is 264 g/mol. The first kappa shape index (κ1) is 15.5. The van der Waals surface area contributed by atoms with E-state index >= 15 is 0 Å². The number of amides is 2. The van der Waals surface area contributed by atoms with Crippen LogP contribution in [0.25, 0.3) is 0 Å². The predicted octanol–water partition coefficient (Wildman–Crippen LogP) is 2.94. The number of hydrogen-bond donors (Lipinski definition) is 2. The van der Waals surface area contributed by atoms with E-state index in [1.807, 2.05) is 32.0 Å². The van der Waals surface area contributed by atoms with E-state index in [1.54, 1.807) is 0 Å². The summed E-state index contributed by atoms with van der Waals surface area (Å²) in [4.78, 5) is 24.0. The highest BCUT2D eigenvalue weighted by atomic mass is 16.2. The Morgan fingerprint density at radius 1 is 1.10 bits per heavy atom. The van der Waals surface area contributed by atoms with E-state index in [9.17, 15) is 9.59 Å². The first-order chi connectivity index (χ1) is 9.97. The van der Waals surface area contributed by atoms with Gasteiger partial charge in [-0.3, -0.25) is 9.59 Å². The standard InChI is InChI=1S/C17H24N2O2/c1-11-8-9-15(13(3)10-11)19-17(21)16(20)18-14-7-5-4-6-12(14)2/h8-10,12,14H,4-7H2,1-3H3,(H,18,20)(H,19,21)/t12-,14-/m0/s1. The molecule has 1 fully saturated rings. The van der Waals surface area contributed by atoms with Crippen molar-refractivity contribution in [1.82, 2.24) is 5.32 Å². The van der Waals surface area contributed by atoms with Crippen LogP contribution in [0.3, 0.4) is 0 Å². The van der Waals surface area contributed by atoms with E-state index < -0.39 is 11.8 Å². The third-order valence-corrected chi connectivity index (χ3v) is 4.26. The van der Waals surface area contributed by atoms with Crippen LogP contribution in [0.4, 0.5) is 5.69 Å². The summed E-state index contributed by atoms with van der Waals surface area (Å²) in [5, 5.41) is 5.56. The van der Waals surface area contributed by atoms with Crippen molar-refractivity contribution in [3.63, 3.8) is 0 Å². The van der Waals surface area contributed by atoms with Crippen molar-refractivity contribution in [2.45, 2.75) is 52.5 Å². The molecule has 1 aliphatic rings. The van der Waals surface area contributed by atoms with Crippen LogP contribution in [0.15, 0.2) is 18.2 Å². The minimum atomic E-state index is -0.584. The molecule has 0 spiro atoms. The summed E-state index contributed by atoms with van der Waals surface area (Å²) in [6.45, 7) is 6.05. The van der Waals surface area contributed by atoms with Crippen molar-refractivity contribution in [2.24, 2.45) is 5.92 Å². The van der Waals surface area contributed by atoms with Crippen molar-refractivity contribution in [3.05, 3.63) is 29.3 Å². The van der Waals surface area contributed by atoms with Gasteiger partial charge in [-0.25, -0.2) is 0 Å². The summed E-state index contributed by atoms with van der Waals surface area (Å²) < 4.78 is 0. The molecule has 2 N–H and O–H groups in total. The van der Waals surface area contributed by atoms with Crippen molar-refractivity contribution < 1.29 is 9.59 Å². The summed E-state index contributed by atoms with van der Waals surface area (Å²) in [7, 11) is 0. The number of rotatable bonds is 2. The Labute approximate surface area is 126 Å². The molecule has 2 atom stereocenters. The van der Waals surface area contributed by atoms with Crippen LogP contribution in [0.1, 0.15) is 43.7 Å². The van der Waals surface area contributed by atoms with Crippen LogP contribution in [0.5, 0.6) is 0 Å². The van der Waals surface area contributed by atoms with E-state index in [0.717, 1.165) is 30.4 Å². The van der Waals surface area contributed by atoms with Gasteiger partial charge < -0.3 is 10.6 Å². The second kappa shape index (κ2) is 6.74. The van der Waals surface area contributed by atoms with E-state index in [2.05, 4.69) is 17.6 Å². The number of benzene rings is 1. The molecule has 2 amide bonds. The first-order valence-electron chi connectivity index (χ1n) is 7.66.